The Kier molecular flexibility index (Phi) is 3.21. The molecule has 0 saturated carbocycles. The smallest absolute Gasteiger partial charge is 0.277 e. The molecule has 0 radical (unpaired) electrons. The first-order chi connectivity index (χ1) is 12.7. The second-order valence-corrected chi connectivity index (χ2v) is 6.58. The Morgan fingerprint density at radius 1 is 1.12 bits per heavy atom. The number of hydrogen-bond acceptors (Lipinski definition) is 4. The molecule has 2 aliphatic rings. The number of para-hydroxylation sites is 1. The van der Waals surface area contributed by atoms with Gasteiger partial charge in [0.2, 0.25) is 0 Å². The average Bonchev–Trinajstić information content (AvgIpc) is 3.30. The maximum absolute atomic E-state index is 13.2. The summed E-state index contributed by atoms with van der Waals surface area (Å²) in [5.41, 5.74) is 2.64. The predicted octanol–water partition coefficient (Wildman–Crippen LogP) is 2.45. The van der Waals surface area contributed by atoms with Crippen LogP contribution in [0.2, 0.25) is 0 Å². The topological polar surface area (TPSA) is 95.6 Å². The molecule has 0 bridgehead atoms. The van der Waals surface area contributed by atoms with Crippen molar-refractivity contribution in [2.45, 2.75) is 25.2 Å². The highest BCUT2D eigenvalue weighted by Crippen LogP contribution is 2.42. The number of rotatable bonds is 2. The van der Waals surface area contributed by atoms with E-state index in [9.17, 15) is 9.59 Å². The van der Waals surface area contributed by atoms with Crippen LogP contribution in [0.4, 0.5) is 5.82 Å². The van der Waals surface area contributed by atoms with E-state index in [0.717, 1.165) is 24.2 Å². The molecule has 3 aromatic rings. The van der Waals surface area contributed by atoms with Crippen molar-refractivity contribution < 1.29 is 4.79 Å². The highest BCUT2D eigenvalue weighted by molar-refractivity contribution is 6.00. The van der Waals surface area contributed by atoms with Crippen LogP contribution in [0.3, 0.4) is 0 Å². The van der Waals surface area contributed by atoms with Gasteiger partial charge in [-0.1, -0.05) is 18.2 Å². The van der Waals surface area contributed by atoms with E-state index < -0.39 is 5.92 Å². The molecule has 0 fully saturated rings. The van der Waals surface area contributed by atoms with Gasteiger partial charge in [-0.15, -0.1) is 0 Å². The van der Waals surface area contributed by atoms with E-state index in [4.69, 9.17) is 0 Å². The summed E-state index contributed by atoms with van der Waals surface area (Å²) in [6.45, 7) is 0. The summed E-state index contributed by atoms with van der Waals surface area (Å²) in [5.74, 6) is 0.857. The quantitative estimate of drug-likeness (QED) is 0.663. The third-order valence-electron chi connectivity index (χ3n) is 5.04. The molecule has 1 aliphatic heterocycles. The van der Waals surface area contributed by atoms with E-state index in [1.165, 1.54) is 4.68 Å². The lowest BCUT2D eigenvalue weighted by molar-refractivity contribution is -0.116. The van der Waals surface area contributed by atoms with Crippen molar-refractivity contribution in [3.05, 3.63) is 75.7 Å². The Balaban J connectivity index is 1.75. The second kappa shape index (κ2) is 5.59. The summed E-state index contributed by atoms with van der Waals surface area (Å²) in [4.78, 5) is 33.3. The maximum Gasteiger partial charge on any atom is 0.277 e. The van der Waals surface area contributed by atoms with Gasteiger partial charge in [0.05, 0.1) is 17.2 Å². The third kappa shape index (κ3) is 2.10. The molecular formula is C19H17N5O2. The minimum Gasteiger partial charge on any atom is -0.348 e. The number of hydrogen-bond donors (Lipinski definition) is 3. The van der Waals surface area contributed by atoms with Crippen molar-refractivity contribution in [1.82, 2.24) is 19.7 Å². The number of aromatic amines is 2. The van der Waals surface area contributed by atoms with Crippen LogP contribution in [0, 0.1) is 0 Å². The first kappa shape index (κ1) is 14.9. The number of aromatic nitrogens is 4. The van der Waals surface area contributed by atoms with E-state index in [-0.39, 0.29) is 11.3 Å². The van der Waals surface area contributed by atoms with E-state index in [1.807, 2.05) is 30.3 Å². The summed E-state index contributed by atoms with van der Waals surface area (Å²) in [7, 11) is 0. The van der Waals surface area contributed by atoms with Gasteiger partial charge in [0.25, 0.3) is 5.56 Å². The van der Waals surface area contributed by atoms with Crippen LogP contribution in [0.1, 0.15) is 36.6 Å². The number of nitrogens with one attached hydrogen (secondary N) is 3. The lowest BCUT2D eigenvalue weighted by atomic mass is 9.80. The van der Waals surface area contributed by atoms with Gasteiger partial charge in [-0.3, -0.25) is 14.7 Å². The summed E-state index contributed by atoms with van der Waals surface area (Å²) in [6, 6.07) is 9.39. The molecule has 1 atom stereocenters. The predicted molar refractivity (Wildman–Crippen MR) is 96.3 cm³/mol. The molecular weight excluding hydrogens is 330 g/mol. The number of Topliss-reactive ketones (excluding diaryl/α,β-unsaturated/α-hetero) is 1. The second-order valence-electron chi connectivity index (χ2n) is 6.58. The highest BCUT2D eigenvalue weighted by atomic mass is 16.1. The van der Waals surface area contributed by atoms with Crippen molar-refractivity contribution in [3.8, 4) is 5.69 Å². The zero-order valence-electron chi connectivity index (χ0n) is 14.0. The number of nitrogens with zero attached hydrogens (tertiary/aromatic N) is 2. The monoisotopic (exact) mass is 347 g/mol. The normalized spacial score (nSPS) is 19.1. The minimum absolute atomic E-state index is 0.0812. The zero-order chi connectivity index (χ0) is 17.7. The summed E-state index contributed by atoms with van der Waals surface area (Å²) < 4.78 is 1.51. The Morgan fingerprint density at radius 2 is 1.96 bits per heavy atom. The van der Waals surface area contributed by atoms with E-state index >= 15 is 0 Å². The molecule has 26 heavy (non-hydrogen) atoms. The number of fused-ring (bicyclic) bond motifs is 1. The SMILES string of the molecule is O=C1CCCC2=C1C(c1ncc[nH]1)c1c([nH]n(-c3ccccc3)c1=O)N2. The number of benzene rings is 1. The average molecular weight is 347 g/mol. The van der Waals surface area contributed by atoms with E-state index in [2.05, 4.69) is 20.4 Å². The van der Waals surface area contributed by atoms with Gasteiger partial charge in [-0.25, -0.2) is 9.67 Å². The van der Waals surface area contributed by atoms with Crippen molar-refractivity contribution in [3.63, 3.8) is 0 Å². The lowest BCUT2D eigenvalue weighted by Crippen LogP contribution is -2.30. The van der Waals surface area contributed by atoms with Crippen LogP contribution in [0.15, 0.2) is 58.8 Å². The van der Waals surface area contributed by atoms with Crippen molar-refractivity contribution in [2.24, 2.45) is 0 Å². The number of anilines is 1. The van der Waals surface area contributed by atoms with Gasteiger partial charge in [0, 0.05) is 30.1 Å². The van der Waals surface area contributed by atoms with E-state index in [1.54, 1.807) is 12.4 Å². The fourth-order valence-corrected chi connectivity index (χ4v) is 3.90. The van der Waals surface area contributed by atoms with Crippen molar-refractivity contribution in [1.29, 1.82) is 0 Å². The first-order valence-corrected chi connectivity index (χ1v) is 8.67. The van der Waals surface area contributed by atoms with Crippen LogP contribution < -0.4 is 10.9 Å². The van der Waals surface area contributed by atoms with Crippen molar-refractivity contribution in [2.75, 3.05) is 5.32 Å². The van der Waals surface area contributed by atoms with Gasteiger partial charge in [0.15, 0.2) is 5.78 Å². The molecule has 1 aromatic carbocycles. The molecule has 7 nitrogen and oxygen atoms in total. The number of carbonyl (C=O) groups is 1. The number of imidazole rings is 1. The summed E-state index contributed by atoms with van der Waals surface area (Å²) in [6.07, 6.45) is 5.47. The Hall–Kier alpha value is -3.35. The van der Waals surface area contributed by atoms with Gasteiger partial charge in [0.1, 0.15) is 11.6 Å². The largest absolute Gasteiger partial charge is 0.348 e. The molecule has 0 spiro atoms. The highest BCUT2D eigenvalue weighted by Gasteiger charge is 2.39. The molecule has 0 saturated heterocycles. The standard InChI is InChI=1S/C19H17N5O2/c25-13-8-4-7-12-14(13)15(17-20-9-10-21-17)16-18(22-12)23-24(19(16)26)11-5-2-1-3-6-11/h1-3,5-6,9-10,15,22-23H,4,7-8H2,(H,20,21). The number of ketones is 1. The van der Waals surface area contributed by atoms with Crippen LogP contribution in [0.25, 0.3) is 5.69 Å². The lowest BCUT2D eigenvalue weighted by Gasteiger charge is -2.29. The van der Waals surface area contributed by atoms with E-state index in [0.29, 0.717) is 29.2 Å². The van der Waals surface area contributed by atoms with Gasteiger partial charge < -0.3 is 10.3 Å². The molecule has 5 rings (SSSR count). The van der Waals surface area contributed by atoms with Crippen LogP contribution >= 0.6 is 0 Å². The van der Waals surface area contributed by atoms with Crippen LogP contribution in [-0.2, 0) is 4.79 Å². The Labute approximate surface area is 148 Å². The fourth-order valence-electron chi connectivity index (χ4n) is 3.90. The number of allylic oxidation sites excluding steroid dienone is 2. The molecule has 3 N–H and O–H groups in total. The van der Waals surface area contributed by atoms with Crippen LogP contribution in [0.5, 0.6) is 0 Å². The number of H-pyrrole nitrogens is 2. The van der Waals surface area contributed by atoms with Gasteiger partial charge in [-0.2, -0.15) is 0 Å². The fraction of sp³-hybridized carbons (Fsp3) is 0.211. The zero-order valence-corrected chi connectivity index (χ0v) is 14.0. The third-order valence-corrected chi connectivity index (χ3v) is 5.04. The van der Waals surface area contributed by atoms with Gasteiger partial charge >= 0.3 is 0 Å². The Bertz CT molecular complexity index is 1070. The van der Waals surface area contributed by atoms with Gasteiger partial charge in [-0.05, 0) is 25.0 Å². The molecule has 7 heteroatoms. The summed E-state index contributed by atoms with van der Waals surface area (Å²) >= 11 is 0. The minimum atomic E-state index is -0.474. The van der Waals surface area contributed by atoms with Crippen molar-refractivity contribution >= 4 is 11.6 Å². The molecule has 1 unspecified atom stereocenters. The molecule has 130 valence electrons. The summed E-state index contributed by atoms with van der Waals surface area (Å²) in [5, 5.41) is 6.46. The molecule has 1 aliphatic carbocycles. The first-order valence-electron chi connectivity index (χ1n) is 8.67. The molecule has 2 aromatic heterocycles. The molecule has 0 amide bonds. The number of carbonyl (C=O) groups excluding carboxylic acids is 1. The molecule has 3 heterocycles. The van der Waals surface area contributed by atoms with Crippen LogP contribution in [-0.4, -0.2) is 25.5 Å². The Morgan fingerprint density at radius 3 is 2.73 bits per heavy atom. The maximum atomic E-state index is 13.2.